The van der Waals surface area contributed by atoms with Crippen molar-refractivity contribution in [3.8, 4) is 0 Å². The molecule has 0 spiro atoms. The molecule has 0 atom stereocenters. The maximum Gasteiger partial charge on any atom is 0.272 e. The van der Waals surface area contributed by atoms with Crippen molar-refractivity contribution in [2.75, 3.05) is 18.9 Å². The van der Waals surface area contributed by atoms with Crippen LogP contribution in [0.4, 0.5) is 10.2 Å². The minimum atomic E-state index is -0.265. The Balaban J connectivity index is 1.98. The zero-order valence-electron chi connectivity index (χ0n) is 13.4. The average molecular weight is 316 g/mol. The third-order valence-corrected chi connectivity index (χ3v) is 3.47. The smallest absolute Gasteiger partial charge is 0.272 e. The number of unbranched alkanes of at least 4 members (excludes halogenated alkanes) is 1. The number of amides is 1. The highest BCUT2D eigenvalue weighted by Crippen LogP contribution is 2.10. The molecule has 23 heavy (non-hydrogen) atoms. The highest BCUT2D eigenvalue weighted by Gasteiger charge is 2.13. The van der Waals surface area contributed by atoms with Gasteiger partial charge in [-0.1, -0.05) is 25.5 Å². The summed E-state index contributed by atoms with van der Waals surface area (Å²) in [5.41, 5.74) is 1.29. The van der Waals surface area contributed by atoms with E-state index < -0.39 is 0 Å². The fourth-order valence-electron chi connectivity index (χ4n) is 2.06. The monoisotopic (exact) mass is 316 g/mol. The van der Waals surface area contributed by atoms with Crippen LogP contribution in [0, 0.1) is 5.82 Å². The van der Waals surface area contributed by atoms with Gasteiger partial charge in [0, 0.05) is 26.2 Å². The highest BCUT2D eigenvalue weighted by molar-refractivity contribution is 5.92. The molecule has 2 rings (SSSR count). The van der Waals surface area contributed by atoms with Crippen LogP contribution in [0.1, 0.15) is 35.8 Å². The summed E-state index contributed by atoms with van der Waals surface area (Å²) in [6.07, 6.45) is 3.36. The average Bonchev–Trinajstić information content (AvgIpc) is 2.58. The van der Waals surface area contributed by atoms with Crippen molar-refractivity contribution in [1.82, 2.24) is 14.9 Å². The molecule has 0 unspecified atom stereocenters. The standard InChI is InChI=1S/C17H21FN4O/c1-3-4-9-22(2)17(23)15-10-16(21-12-20-15)19-11-13-5-7-14(18)8-6-13/h5-8,10,12H,3-4,9,11H2,1-2H3,(H,19,20,21). The Morgan fingerprint density at radius 3 is 2.70 bits per heavy atom. The molecule has 2 aromatic rings. The summed E-state index contributed by atoms with van der Waals surface area (Å²) in [6, 6.07) is 7.86. The number of carbonyl (C=O) groups is 1. The fraction of sp³-hybridized carbons (Fsp3) is 0.353. The molecule has 0 saturated carbocycles. The molecule has 0 aliphatic carbocycles. The van der Waals surface area contributed by atoms with Crippen molar-refractivity contribution in [1.29, 1.82) is 0 Å². The van der Waals surface area contributed by atoms with Crippen LogP contribution in [0.5, 0.6) is 0 Å². The predicted molar refractivity (Wildman–Crippen MR) is 87.6 cm³/mol. The van der Waals surface area contributed by atoms with Crippen molar-refractivity contribution in [3.05, 3.63) is 53.7 Å². The maximum atomic E-state index is 12.9. The third kappa shape index (κ3) is 5.02. The van der Waals surface area contributed by atoms with E-state index in [1.807, 2.05) is 0 Å². The lowest BCUT2D eigenvalue weighted by Crippen LogP contribution is -2.28. The first-order chi connectivity index (χ1) is 11.1. The van der Waals surface area contributed by atoms with E-state index in [4.69, 9.17) is 0 Å². The number of benzene rings is 1. The van der Waals surface area contributed by atoms with E-state index in [1.165, 1.54) is 18.5 Å². The Hall–Kier alpha value is -2.50. The first-order valence-corrected chi connectivity index (χ1v) is 7.66. The molecule has 1 N–H and O–H groups in total. The van der Waals surface area contributed by atoms with Gasteiger partial charge in [0.05, 0.1) is 0 Å². The van der Waals surface area contributed by atoms with E-state index >= 15 is 0 Å². The normalized spacial score (nSPS) is 10.4. The number of halogens is 1. The Morgan fingerprint density at radius 1 is 1.26 bits per heavy atom. The van der Waals surface area contributed by atoms with Gasteiger partial charge in [0.15, 0.2) is 0 Å². The van der Waals surface area contributed by atoms with Gasteiger partial charge in [0.2, 0.25) is 0 Å². The van der Waals surface area contributed by atoms with Gasteiger partial charge < -0.3 is 10.2 Å². The highest BCUT2D eigenvalue weighted by atomic mass is 19.1. The third-order valence-electron chi connectivity index (χ3n) is 3.47. The molecule has 1 aromatic heterocycles. The molecule has 5 nitrogen and oxygen atoms in total. The van der Waals surface area contributed by atoms with E-state index in [1.54, 1.807) is 30.1 Å². The largest absolute Gasteiger partial charge is 0.366 e. The fourth-order valence-corrected chi connectivity index (χ4v) is 2.06. The van der Waals surface area contributed by atoms with Crippen LogP contribution in [-0.2, 0) is 6.54 Å². The van der Waals surface area contributed by atoms with E-state index in [9.17, 15) is 9.18 Å². The SMILES string of the molecule is CCCCN(C)C(=O)c1cc(NCc2ccc(F)cc2)ncn1. The number of aromatic nitrogens is 2. The van der Waals surface area contributed by atoms with Crippen molar-refractivity contribution in [2.24, 2.45) is 0 Å². The zero-order chi connectivity index (χ0) is 16.7. The van der Waals surface area contributed by atoms with Gasteiger partial charge in [-0.25, -0.2) is 14.4 Å². The quantitative estimate of drug-likeness (QED) is 0.853. The van der Waals surface area contributed by atoms with Crippen molar-refractivity contribution in [2.45, 2.75) is 26.3 Å². The lowest BCUT2D eigenvalue weighted by Gasteiger charge is -2.16. The number of nitrogens with zero attached hydrogens (tertiary/aromatic N) is 3. The van der Waals surface area contributed by atoms with Crippen molar-refractivity contribution < 1.29 is 9.18 Å². The zero-order valence-corrected chi connectivity index (χ0v) is 13.4. The van der Waals surface area contributed by atoms with Gasteiger partial charge in [-0.2, -0.15) is 0 Å². The summed E-state index contributed by atoms with van der Waals surface area (Å²) in [5, 5.41) is 3.11. The van der Waals surface area contributed by atoms with Crippen LogP contribution in [0.25, 0.3) is 0 Å². The van der Waals surface area contributed by atoms with Crippen LogP contribution in [0.3, 0.4) is 0 Å². The Kier molecular flexibility index (Phi) is 6.02. The lowest BCUT2D eigenvalue weighted by atomic mass is 10.2. The van der Waals surface area contributed by atoms with Crippen molar-refractivity contribution >= 4 is 11.7 Å². The van der Waals surface area contributed by atoms with Gasteiger partial charge in [0.25, 0.3) is 5.91 Å². The van der Waals surface area contributed by atoms with Gasteiger partial charge in [-0.3, -0.25) is 4.79 Å². The summed E-state index contributed by atoms with van der Waals surface area (Å²) in [5.74, 6) is 0.182. The summed E-state index contributed by atoms with van der Waals surface area (Å²) in [4.78, 5) is 22.1. The van der Waals surface area contributed by atoms with Crippen molar-refractivity contribution in [3.63, 3.8) is 0 Å². The molecule has 6 heteroatoms. The minimum Gasteiger partial charge on any atom is -0.366 e. The Labute approximate surface area is 135 Å². The molecule has 1 aromatic carbocycles. The second-order valence-corrected chi connectivity index (χ2v) is 5.35. The number of rotatable bonds is 7. The van der Waals surface area contributed by atoms with Gasteiger partial charge >= 0.3 is 0 Å². The number of hydrogen-bond donors (Lipinski definition) is 1. The van der Waals surface area contributed by atoms with Crippen LogP contribution in [0.15, 0.2) is 36.7 Å². The van der Waals surface area contributed by atoms with Gasteiger partial charge in [0.1, 0.15) is 23.7 Å². The molecule has 0 aliphatic heterocycles. The molecule has 0 bridgehead atoms. The van der Waals surface area contributed by atoms with E-state index in [0.29, 0.717) is 24.6 Å². The first kappa shape index (κ1) is 16.9. The summed E-state index contributed by atoms with van der Waals surface area (Å²) in [6.45, 7) is 3.29. The summed E-state index contributed by atoms with van der Waals surface area (Å²) >= 11 is 0. The predicted octanol–water partition coefficient (Wildman–Crippen LogP) is 3.10. The van der Waals surface area contributed by atoms with Gasteiger partial charge in [-0.05, 0) is 24.1 Å². The number of nitrogens with one attached hydrogen (secondary N) is 1. The van der Waals surface area contributed by atoms with Crippen LogP contribution < -0.4 is 5.32 Å². The first-order valence-electron chi connectivity index (χ1n) is 7.66. The van der Waals surface area contributed by atoms with E-state index in [0.717, 1.165) is 18.4 Å². The minimum absolute atomic E-state index is 0.120. The van der Waals surface area contributed by atoms with E-state index in [-0.39, 0.29) is 11.7 Å². The Bertz CT molecular complexity index is 645. The molecular weight excluding hydrogens is 295 g/mol. The topological polar surface area (TPSA) is 58.1 Å². The lowest BCUT2D eigenvalue weighted by molar-refractivity contribution is 0.0787. The number of anilines is 1. The maximum absolute atomic E-state index is 12.9. The molecule has 1 heterocycles. The van der Waals surface area contributed by atoms with Crippen LogP contribution >= 0.6 is 0 Å². The van der Waals surface area contributed by atoms with Crippen LogP contribution in [0.2, 0.25) is 0 Å². The molecule has 0 radical (unpaired) electrons. The molecule has 0 aliphatic rings. The van der Waals surface area contributed by atoms with Gasteiger partial charge in [-0.15, -0.1) is 0 Å². The molecular formula is C17H21FN4O. The molecule has 122 valence electrons. The summed E-state index contributed by atoms with van der Waals surface area (Å²) < 4.78 is 12.9. The van der Waals surface area contributed by atoms with Crippen LogP contribution in [-0.4, -0.2) is 34.4 Å². The number of carbonyl (C=O) groups excluding carboxylic acids is 1. The molecule has 0 saturated heterocycles. The Morgan fingerprint density at radius 2 is 2.00 bits per heavy atom. The molecule has 1 amide bonds. The molecule has 0 fully saturated rings. The van der Waals surface area contributed by atoms with E-state index in [2.05, 4.69) is 22.2 Å². The second kappa shape index (κ2) is 8.22. The summed E-state index contributed by atoms with van der Waals surface area (Å²) in [7, 11) is 1.77. The second-order valence-electron chi connectivity index (χ2n) is 5.35. The number of hydrogen-bond acceptors (Lipinski definition) is 4.